The molecule has 0 atom stereocenters. The topological polar surface area (TPSA) is 93.8 Å². The second kappa shape index (κ2) is 7.58. The average molecular weight is 277 g/mol. The van der Waals surface area contributed by atoms with E-state index in [0.29, 0.717) is 25.0 Å². The smallest absolute Gasteiger partial charge is 0.188 e. The minimum absolute atomic E-state index is 0.0538. The molecule has 0 aliphatic heterocycles. The van der Waals surface area contributed by atoms with E-state index in [0.717, 1.165) is 6.54 Å². The van der Waals surface area contributed by atoms with Crippen molar-refractivity contribution in [2.75, 3.05) is 38.3 Å². The zero-order valence-electron chi connectivity index (χ0n) is 10.9. The molecule has 18 heavy (non-hydrogen) atoms. The Labute approximate surface area is 109 Å². The Balaban J connectivity index is 1.96. The second-order valence-electron chi connectivity index (χ2n) is 4.69. The van der Waals surface area contributed by atoms with Gasteiger partial charge in [-0.15, -0.1) is 0 Å². The van der Waals surface area contributed by atoms with E-state index in [-0.39, 0.29) is 12.4 Å². The quantitative estimate of drug-likeness (QED) is 0.362. The number of guanidine groups is 1. The summed E-state index contributed by atoms with van der Waals surface area (Å²) in [6, 6.07) is 0. The molecule has 0 aromatic carbocycles. The molecule has 0 saturated heterocycles. The molecule has 3 N–H and O–H groups in total. The van der Waals surface area contributed by atoms with Crippen LogP contribution < -0.4 is 11.1 Å². The van der Waals surface area contributed by atoms with Crippen molar-refractivity contribution in [2.24, 2.45) is 16.6 Å². The summed E-state index contributed by atoms with van der Waals surface area (Å²) >= 11 is 0. The normalized spacial score (nSPS) is 17.5. The number of sulfone groups is 1. The summed E-state index contributed by atoms with van der Waals surface area (Å²) in [5.41, 5.74) is 5.67. The highest BCUT2D eigenvalue weighted by molar-refractivity contribution is 7.90. The van der Waals surface area contributed by atoms with Crippen molar-refractivity contribution in [3.05, 3.63) is 0 Å². The van der Waals surface area contributed by atoms with Crippen LogP contribution in [0.25, 0.3) is 0 Å². The first-order chi connectivity index (χ1) is 8.47. The van der Waals surface area contributed by atoms with Gasteiger partial charge in [0.05, 0.1) is 19.0 Å². The highest BCUT2D eigenvalue weighted by atomic mass is 32.2. The van der Waals surface area contributed by atoms with E-state index in [1.807, 2.05) is 0 Å². The summed E-state index contributed by atoms with van der Waals surface area (Å²) in [6.45, 7) is 1.99. The second-order valence-corrected chi connectivity index (χ2v) is 6.95. The highest BCUT2D eigenvalue weighted by Crippen LogP contribution is 2.26. The third kappa shape index (κ3) is 7.50. The van der Waals surface area contributed by atoms with E-state index in [1.54, 1.807) is 0 Å². The van der Waals surface area contributed by atoms with Gasteiger partial charge < -0.3 is 15.8 Å². The van der Waals surface area contributed by atoms with Crippen LogP contribution in [0.3, 0.4) is 0 Å². The Morgan fingerprint density at radius 2 is 2.17 bits per heavy atom. The van der Waals surface area contributed by atoms with Crippen molar-refractivity contribution in [2.45, 2.75) is 19.3 Å². The van der Waals surface area contributed by atoms with Gasteiger partial charge in [0.1, 0.15) is 9.84 Å². The zero-order chi connectivity index (χ0) is 13.4. The first-order valence-corrected chi connectivity index (χ1v) is 8.32. The van der Waals surface area contributed by atoms with Crippen LogP contribution in [0.5, 0.6) is 0 Å². The van der Waals surface area contributed by atoms with Gasteiger partial charge in [0.15, 0.2) is 5.96 Å². The predicted octanol–water partition coefficient (Wildman–Crippen LogP) is -0.248. The van der Waals surface area contributed by atoms with E-state index in [9.17, 15) is 8.42 Å². The Bertz CT molecular complexity index is 364. The largest absolute Gasteiger partial charge is 0.379 e. The van der Waals surface area contributed by atoms with Gasteiger partial charge >= 0.3 is 0 Å². The summed E-state index contributed by atoms with van der Waals surface area (Å²) in [6.07, 6.45) is 5.01. The average Bonchev–Trinajstić information content (AvgIpc) is 2.19. The lowest BCUT2D eigenvalue weighted by Crippen LogP contribution is -2.35. The SMILES string of the molecule is CS(=O)(=O)CCOCCNC(N)=NCC1CCC1. The van der Waals surface area contributed by atoms with Crippen LogP contribution in [-0.2, 0) is 14.6 Å². The molecule has 1 rings (SSSR count). The lowest BCUT2D eigenvalue weighted by Gasteiger charge is -2.23. The molecule has 1 aliphatic rings. The van der Waals surface area contributed by atoms with Crippen LogP contribution in [0.4, 0.5) is 0 Å². The third-order valence-corrected chi connectivity index (χ3v) is 3.80. The summed E-state index contributed by atoms with van der Waals surface area (Å²) in [5, 5.41) is 2.94. The fraction of sp³-hybridized carbons (Fsp3) is 0.909. The van der Waals surface area contributed by atoms with Crippen molar-refractivity contribution in [3.63, 3.8) is 0 Å². The van der Waals surface area contributed by atoms with Crippen LogP contribution in [0.1, 0.15) is 19.3 Å². The van der Waals surface area contributed by atoms with Gasteiger partial charge in [0.25, 0.3) is 0 Å². The van der Waals surface area contributed by atoms with Gasteiger partial charge in [-0.1, -0.05) is 6.42 Å². The maximum Gasteiger partial charge on any atom is 0.188 e. The molecule has 6 nitrogen and oxygen atoms in total. The molecule has 0 aromatic rings. The van der Waals surface area contributed by atoms with E-state index in [4.69, 9.17) is 10.5 Å². The summed E-state index contributed by atoms with van der Waals surface area (Å²) < 4.78 is 26.8. The standard InChI is InChI=1S/C11H23N3O3S/c1-18(15,16)8-7-17-6-5-13-11(12)14-9-10-3-2-4-10/h10H,2-9H2,1H3,(H3,12,13,14). The van der Waals surface area contributed by atoms with Gasteiger partial charge in [0, 0.05) is 19.3 Å². The van der Waals surface area contributed by atoms with Crippen molar-refractivity contribution >= 4 is 15.8 Å². The van der Waals surface area contributed by atoms with Crippen LogP contribution in [0.2, 0.25) is 0 Å². The summed E-state index contributed by atoms with van der Waals surface area (Å²) in [4.78, 5) is 4.24. The molecule has 0 unspecified atom stereocenters. The Hall–Kier alpha value is -0.820. The summed E-state index contributed by atoms with van der Waals surface area (Å²) in [7, 11) is -2.94. The first kappa shape index (κ1) is 15.2. The molecule has 0 radical (unpaired) electrons. The van der Waals surface area contributed by atoms with E-state index in [1.165, 1.54) is 25.5 Å². The molecule has 0 bridgehead atoms. The lowest BCUT2D eigenvalue weighted by molar-refractivity contribution is 0.154. The Morgan fingerprint density at radius 1 is 1.44 bits per heavy atom. The first-order valence-electron chi connectivity index (χ1n) is 6.26. The molecular weight excluding hydrogens is 254 g/mol. The van der Waals surface area contributed by atoms with Gasteiger partial charge in [-0.3, -0.25) is 4.99 Å². The highest BCUT2D eigenvalue weighted by Gasteiger charge is 2.16. The third-order valence-electron chi connectivity index (χ3n) is 2.90. The van der Waals surface area contributed by atoms with Gasteiger partial charge in [-0.25, -0.2) is 8.42 Å². The maximum atomic E-state index is 10.8. The number of hydrogen-bond acceptors (Lipinski definition) is 4. The van der Waals surface area contributed by atoms with Gasteiger partial charge in [-0.2, -0.15) is 0 Å². The number of aliphatic imine (C=N–C) groups is 1. The molecular formula is C11H23N3O3S. The van der Waals surface area contributed by atoms with Crippen molar-refractivity contribution < 1.29 is 13.2 Å². The fourth-order valence-corrected chi connectivity index (χ4v) is 1.94. The Kier molecular flexibility index (Phi) is 6.42. The number of ether oxygens (including phenoxy) is 1. The molecule has 0 spiro atoms. The van der Waals surface area contributed by atoms with Crippen molar-refractivity contribution in [3.8, 4) is 0 Å². The monoisotopic (exact) mass is 277 g/mol. The number of nitrogens with one attached hydrogen (secondary N) is 1. The van der Waals surface area contributed by atoms with Crippen LogP contribution in [0.15, 0.2) is 4.99 Å². The van der Waals surface area contributed by atoms with Gasteiger partial charge in [0.2, 0.25) is 0 Å². The number of rotatable bonds is 8. The molecule has 0 heterocycles. The lowest BCUT2D eigenvalue weighted by atomic mass is 9.86. The minimum atomic E-state index is -2.94. The minimum Gasteiger partial charge on any atom is -0.379 e. The predicted molar refractivity (Wildman–Crippen MR) is 72.4 cm³/mol. The molecule has 1 saturated carbocycles. The van der Waals surface area contributed by atoms with Crippen LogP contribution in [0, 0.1) is 5.92 Å². The van der Waals surface area contributed by atoms with Crippen LogP contribution >= 0.6 is 0 Å². The number of nitrogens with two attached hydrogens (primary N) is 1. The number of hydrogen-bond donors (Lipinski definition) is 2. The van der Waals surface area contributed by atoms with Crippen molar-refractivity contribution in [1.82, 2.24) is 5.32 Å². The molecule has 1 aliphatic carbocycles. The molecule has 106 valence electrons. The van der Waals surface area contributed by atoms with E-state index in [2.05, 4.69) is 10.3 Å². The van der Waals surface area contributed by atoms with Gasteiger partial charge in [-0.05, 0) is 18.8 Å². The van der Waals surface area contributed by atoms with E-state index < -0.39 is 9.84 Å². The maximum absolute atomic E-state index is 10.8. The molecule has 0 amide bonds. The molecule has 1 fully saturated rings. The summed E-state index contributed by atoms with van der Waals surface area (Å²) in [5.74, 6) is 1.20. The number of nitrogens with zero attached hydrogens (tertiary/aromatic N) is 1. The van der Waals surface area contributed by atoms with Crippen LogP contribution in [-0.4, -0.2) is 52.7 Å². The molecule has 7 heteroatoms. The van der Waals surface area contributed by atoms with E-state index >= 15 is 0 Å². The fourth-order valence-electron chi connectivity index (χ4n) is 1.52. The van der Waals surface area contributed by atoms with Crippen molar-refractivity contribution in [1.29, 1.82) is 0 Å². The Morgan fingerprint density at radius 3 is 2.72 bits per heavy atom. The molecule has 0 aromatic heterocycles. The zero-order valence-corrected chi connectivity index (χ0v) is 11.7.